The third kappa shape index (κ3) is 6.96. The molecule has 0 spiro atoms. The number of unbranched alkanes of at least 4 members (excludes halogenated alkanes) is 3. The Kier molecular flexibility index (Phi) is 8.38. The molecule has 20 heavy (non-hydrogen) atoms. The van der Waals surface area contributed by atoms with Crippen LogP contribution < -0.4 is 11.1 Å². The molecule has 0 saturated carbocycles. The van der Waals surface area contributed by atoms with Crippen LogP contribution in [0.2, 0.25) is 0 Å². The molecule has 0 aromatic heterocycles. The van der Waals surface area contributed by atoms with Crippen LogP contribution in [-0.2, 0) is 4.79 Å². The second kappa shape index (κ2) is 9.83. The number of anilines is 1. The van der Waals surface area contributed by atoms with Gasteiger partial charge in [-0.3, -0.25) is 4.79 Å². The SMILES string of the molecule is CC(C)Sc1ccccc1NC(=O)CCCCCCN. The summed E-state index contributed by atoms with van der Waals surface area (Å²) in [5, 5.41) is 3.53. The van der Waals surface area contributed by atoms with Gasteiger partial charge in [0.05, 0.1) is 5.69 Å². The van der Waals surface area contributed by atoms with Gasteiger partial charge in [0.2, 0.25) is 5.91 Å². The fourth-order valence-corrected chi connectivity index (χ4v) is 2.83. The molecule has 0 saturated heterocycles. The number of carbonyl (C=O) groups is 1. The molecule has 112 valence electrons. The number of carbonyl (C=O) groups excluding carboxylic acids is 1. The minimum atomic E-state index is 0.106. The van der Waals surface area contributed by atoms with E-state index in [2.05, 4.69) is 25.2 Å². The number of hydrogen-bond donors (Lipinski definition) is 2. The van der Waals surface area contributed by atoms with Gasteiger partial charge in [-0.2, -0.15) is 0 Å². The largest absolute Gasteiger partial charge is 0.330 e. The molecule has 1 aromatic carbocycles. The summed E-state index contributed by atoms with van der Waals surface area (Å²) in [5.41, 5.74) is 6.38. The van der Waals surface area contributed by atoms with Gasteiger partial charge in [-0.05, 0) is 31.5 Å². The number of nitrogens with one attached hydrogen (secondary N) is 1. The van der Waals surface area contributed by atoms with Crippen LogP contribution in [0.5, 0.6) is 0 Å². The van der Waals surface area contributed by atoms with Crippen molar-refractivity contribution in [3.63, 3.8) is 0 Å². The summed E-state index contributed by atoms with van der Waals surface area (Å²) in [6.45, 7) is 5.05. The van der Waals surface area contributed by atoms with Gasteiger partial charge < -0.3 is 11.1 Å². The van der Waals surface area contributed by atoms with E-state index in [1.54, 1.807) is 11.8 Å². The van der Waals surface area contributed by atoms with Crippen molar-refractivity contribution in [3.05, 3.63) is 24.3 Å². The van der Waals surface area contributed by atoms with Gasteiger partial charge in [0.1, 0.15) is 0 Å². The summed E-state index contributed by atoms with van der Waals surface area (Å²) >= 11 is 1.77. The highest BCUT2D eigenvalue weighted by atomic mass is 32.2. The summed E-state index contributed by atoms with van der Waals surface area (Å²) in [4.78, 5) is 13.1. The monoisotopic (exact) mass is 294 g/mol. The van der Waals surface area contributed by atoms with E-state index in [9.17, 15) is 4.79 Å². The van der Waals surface area contributed by atoms with E-state index < -0.39 is 0 Å². The van der Waals surface area contributed by atoms with Crippen molar-refractivity contribution >= 4 is 23.4 Å². The highest BCUT2D eigenvalue weighted by molar-refractivity contribution is 8.00. The average Bonchev–Trinajstić information content (AvgIpc) is 2.40. The Bertz CT molecular complexity index is 407. The molecule has 0 aliphatic rings. The molecule has 0 atom stereocenters. The second-order valence-corrected chi connectivity index (χ2v) is 6.78. The number of thioether (sulfide) groups is 1. The van der Waals surface area contributed by atoms with Gasteiger partial charge in [-0.25, -0.2) is 0 Å². The van der Waals surface area contributed by atoms with Crippen LogP contribution in [0, 0.1) is 0 Å². The molecule has 1 amide bonds. The summed E-state index contributed by atoms with van der Waals surface area (Å²) in [7, 11) is 0. The Labute approximate surface area is 126 Å². The number of amides is 1. The van der Waals surface area contributed by atoms with E-state index in [0.717, 1.165) is 42.8 Å². The lowest BCUT2D eigenvalue weighted by atomic mass is 10.1. The zero-order chi connectivity index (χ0) is 14.8. The van der Waals surface area contributed by atoms with Crippen molar-refractivity contribution in [1.82, 2.24) is 0 Å². The summed E-state index contributed by atoms with van der Waals surface area (Å²) < 4.78 is 0. The molecular weight excluding hydrogens is 268 g/mol. The molecule has 1 aromatic rings. The molecule has 3 nitrogen and oxygen atoms in total. The third-order valence-electron chi connectivity index (χ3n) is 2.88. The average molecular weight is 294 g/mol. The van der Waals surface area contributed by atoms with E-state index in [-0.39, 0.29) is 5.91 Å². The molecule has 4 heteroatoms. The number of para-hydroxylation sites is 1. The number of benzene rings is 1. The fraction of sp³-hybridized carbons (Fsp3) is 0.562. The minimum Gasteiger partial charge on any atom is -0.330 e. The maximum Gasteiger partial charge on any atom is 0.224 e. The zero-order valence-corrected chi connectivity index (χ0v) is 13.3. The van der Waals surface area contributed by atoms with E-state index >= 15 is 0 Å². The normalized spacial score (nSPS) is 10.8. The summed E-state index contributed by atoms with van der Waals surface area (Å²) in [6.07, 6.45) is 4.77. The van der Waals surface area contributed by atoms with Gasteiger partial charge in [-0.15, -0.1) is 11.8 Å². The highest BCUT2D eigenvalue weighted by Crippen LogP contribution is 2.30. The van der Waals surface area contributed by atoms with Gasteiger partial charge in [0.25, 0.3) is 0 Å². The maximum absolute atomic E-state index is 11.9. The highest BCUT2D eigenvalue weighted by Gasteiger charge is 2.08. The minimum absolute atomic E-state index is 0.106. The molecule has 0 unspecified atom stereocenters. The van der Waals surface area contributed by atoms with E-state index in [4.69, 9.17) is 5.73 Å². The predicted molar refractivity (Wildman–Crippen MR) is 88.2 cm³/mol. The summed E-state index contributed by atoms with van der Waals surface area (Å²) in [5.74, 6) is 0.106. The first kappa shape index (κ1) is 17.1. The first-order valence-corrected chi connectivity index (χ1v) is 8.27. The smallest absolute Gasteiger partial charge is 0.224 e. The molecule has 0 heterocycles. The molecule has 0 bridgehead atoms. The van der Waals surface area contributed by atoms with Crippen molar-refractivity contribution in [3.8, 4) is 0 Å². The van der Waals surface area contributed by atoms with Crippen molar-refractivity contribution in [2.75, 3.05) is 11.9 Å². The van der Waals surface area contributed by atoms with Crippen molar-refractivity contribution in [1.29, 1.82) is 0 Å². The van der Waals surface area contributed by atoms with E-state index in [0.29, 0.717) is 11.7 Å². The van der Waals surface area contributed by atoms with Crippen LogP contribution in [-0.4, -0.2) is 17.7 Å². The quantitative estimate of drug-likeness (QED) is 0.534. The first-order chi connectivity index (χ1) is 9.63. The first-order valence-electron chi connectivity index (χ1n) is 7.39. The topological polar surface area (TPSA) is 55.1 Å². The molecular formula is C16H26N2OS. The van der Waals surface area contributed by atoms with Crippen LogP contribution in [0.4, 0.5) is 5.69 Å². The lowest BCUT2D eigenvalue weighted by Crippen LogP contribution is -2.12. The Morgan fingerprint density at radius 1 is 1.20 bits per heavy atom. The van der Waals surface area contributed by atoms with Gasteiger partial charge in [-0.1, -0.05) is 38.8 Å². The Morgan fingerprint density at radius 3 is 2.60 bits per heavy atom. The molecule has 0 radical (unpaired) electrons. The molecule has 0 fully saturated rings. The fourth-order valence-electron chi connectivity index (χ4n) is 1.92. The van der Waals surface area contributed by atoms with Crippen molar-refractivity contribution in [2.24, 2.45) is 5.73 Å². The van der Waals surface area contributed by atoms with Gasteiger partial charge in [0.15, 0.2) is 0 Å². The zero-order valence-electron chi connectivity index (χ0n) is 12.5. The molecule has 3 N–H and O–H groups in total. The molecule has 1 rings (SSSR count). The van der Waals surface area contributed by atoms with Gasteiger partial charge >= 0.3 is 0 Å². The Balaban J connectivity index is 2.41. The standard InChI is InChI=1S/C16H26N2OS/c1-13(2)20-15-10-7-6-9-14(15)18-16(19)11-5-3-4-8-12-17/h6-7,9-10,13H,3-5,8,11-12,17H2,1-2H3,(H,18,19). The molecule has 0 aliphatic heterocycles. The number of hydrogen-bond acceptors (Lipinski definition) is 3. The lowest BCUT2D eigenvalue weighted by Gasteiger charge is -2.12. The van der Waals surface area contributed by atoms with Gasteiger partial charge in [0, 0.05) is 16.6 Å². The summed E-state index contributed by atoms with van der Waals surface area (Å²) in [6, 6.07) is 7.99. The lowest BCUT2D eigenvalue weighted by molar-refractivity contribution is -0.116. The van der Waals surface area contributed by atoms with E-state index in [1.807, 2.05) is 18.2 Å². The third-order valence-corrected chi connectivity index (χ3v) is 3.96. The van der Waals surface area contributed by atoms with Crippen LogP contribution in [0.3, 0.4) is 0 Å². The van der Waals surface area contributed by atoms with Crippen LogP contribution in [0.15, 0.2) is 29.2 Å². The maximum atomic E-state index is 11.9. The second-order valence-electron chi connectivity index (χ2n) is 5.16. The number of rotatable bonds is 9. The van der Waals surface area contributed by atoms with Crippen LogP contribution in [0.25, 0.3) is 0 Å². The number of nitrogens with two attached hydrogens (primary N) is 1. The van der Waals surface area contributed by atoms with E-state index in [1.165, 1.54) is 0 Å². The Hall–Kier alpha value is -1.00. The van der Waals surface area contributed by atoms with Crippen molar-refractivity contribution in [2.45, 2.75) is 56.1 Å². The van der Waals surface area contributed by atoms with Crippen molar-refractivity contribution < 1.29 is 4.79 Å². The van der Waals surface area contributed by atoms with Crippen LogP contribution >= 0.6 is 11.8 Å². The van der Waals surface area contributed by atoms with Crippen LogP contribution in [0.1, 0.15) is 46.0 Å². The molecule has 0 aliphatic carbocycles. The predicted octanol–water partition coefficient (Wildman–Crippen LogP) is 4.03. The Morgan fingerprint density at radius 2 is 1.90 bits per heavy atom.